The molecule has 25 heavy (non-hydrogen) atoms. The highest BCUT2D eigenvalue weighted by Crippen LogP contribution is 2.26. The molecule has 2 rings (SSSR count). The number of hydrogen-bond acceptors (Lipinski definition) is 5. The van der Waals surface area contributed by atoms with Crippen LogP contribution in [0.25, 0.3) is 0 Å². The van der Waals surface area contributed by atoms with E-state index in [0.717, 1.165) is 0 Å². The number of nitro groups is 1. The first kappa shape index (κ1) is 18.7. The number of halogens is 1. The summed E-state index contributed by atoms with van der Waals surface area (Å²) >= 11 is 5.95. The maximum Gasteiger partial charge on any atom is 0.270 e. The highest BCUT2D eigenvalue weighted by Gasteiger charge is 2.24. The van der Waals surface area contributed by atoms with Crippen LogP contribution in [-0.2, 0) is 5.60 Å². The summed E-state index contributed by atoms with van der Waals surface area (Å²) in [6, 6.07) is 10.7. The molecule has 0 aliphatic rings. The van der Waals surface area contributed by atoms with Crippen molar-refractivity contribution >= 4 is 28.9 Å². The maximum absolute atomic E-state index is 12.0. The van der Waals surface area contributed by atoms with Gasteiger partial charge in [0, 0.05) is 36.4 Å². The van der Waals surface area contributed by atoms with Gasteiger partial charge in [-0.15, -0.1) is 0 Å². The van der Waals surface area contributed by atoms with E-state index in [-0.39, 0.29) is 17.8 Å². The largest absolute Gasteiger partial charge is 0.384 e. The highest BCUT2D eigenvalue weighted by molar-refractivity contribution is 6.30. The van der Waals surface area contributed by atoms with E-state index in [1.165, 1.54) is 25.2 Å². The van der Waals surface area contributed by atoms with Gasteiger partial charge in [0.05, 0.1) is 10.5 Å². The van der Waals surface area contributed by atoms with Gasteiger partial charge in [0.1, 0.15) is 5.60 Å². The monoisotopic (exact) mass is 363 g/mol. The Labute approximate surface area is 149 Å². The second kappa shape index (κ2) is 7.50. The van der Waals surface area contributed by atoms with Gasteiger partial charge in [-0.05, 0) is 30.7 Å². The molecule has 1 atom stereocenters. The van der Waals surface area contributed by atoms with Crippen LogP contribution in [0.1, 0.15) is 22.8 Å². The Balaban J connectivity index is 2.27. The van der Waals surface area contributed by atoms with Crippen molar-refractivity contribution in [2.45, 2.75) is 12.5 Å². The summed E-state index contributed by atoms with van der Waals surface area (Å²) in [5.74, 6) is -0.464. The summed E-state index contributed by atoms with van der Waals surface area (Å²) in [6.45, 7) is 1.69. The lowest BCUT2D eigenvalue weighted by molar-refractivity contribution is -0.384. The number of rotatable bonds is 6. The number of non-ortho nitro benzene ring substituents is 1. The third kappa shape index (κ3) is 4.46. The standard InChI is InChI=1S/C17H18ClN3O4/c1-17(23,11-4-3-5-12(18)8-11)10-20-15-7-6-13(21(24)25)9-14(15)16(22)19-2/h3-9,20,23H,10H2,1-2H3,(H,19,22). The van der Waals surface area contributed by atoms with E-state index in [1.54, 1.807) is 31.2 Å². The average molecular weight is 364 g/mol. The van der Waals surface area contributed by atoms with Crippen LogP contribution in [0.5, 0.6) is 0 Å². The lowest BCUT2D eigenvalue weighted by atomic mass is 9.96. The predicted octanol–water partition coefficient (Wildman–Crippen LogP) is 2.93. The van der Waals surface area contributed by atoms with Crippen molar-refractivity contribution in [2.24, 2.45) is 0 Å². The summed E-state index contributed by atoms with van der Waals surface area (Å²) in [7, 11) is 1.44. The Morgan fingerprint density at radius 1 is 1.32 bits per heavy atom. The Bertz CT molecular complexity index is 808. The molecule has 0 aliphatic carbocycles. The molecule has 2 aromatic carbocycles. The molecular weight excluding hydrogens is 346 g/mol. The average Bonchev–Trinajstić information content (AvgIpc) is 2.59. The SMILES string of the molecule is CNC(=O)c1cc([N+](=O)[O-])ccc1NCC(C)(O)c1cccc(Cl)c1. The molecule has 0 heterocycles. The van der Waals surface area contributed by atoms with Crippen LogP contribution in [0, 0.1) is 10.1 Å². The molecule has 0 aromatic heterocycles. The zero-order chi connectivity index (χ0) is 18.6. The molecule has 0 saturated heterocycles. The van der Waals surface area contributed by atoms with Crippen molar-refractivity contribution in [1.82, 2.24) is 5.32 Å². The van der Waals surface area contributed by atoms with Crippen LogP contribution in [0.2, 0.25) is 5.02 Å². The van der Waals surface area contributed by atoms with E-state index < -0.39 is 16.4 Å². The molecule has 3 N–H and O–H groups in total. The Kier molecular flexibility index (Phi) is 5.61. The summed E-state index contributed by atoms with van der Waals surface area (Å²) in [4.78, 5) is 22.3. The molecule has 0 fully saturated rings. The predicted molar refractivity (Wildman–Crippen MR) is 96.0 cm³/mol. The van der Waals surface area contributed by atoms with Gasteiger partial charge in [-0.25, -0.2) is 0 Å². The normalized spacial score (nSPS) is 13.0. The fourth-order valence-electron chi connectivity index (χ4n) is 2.32. The maximum atomic E-state index is 12.0. The zero-order valence-corrected chi connectivity index (χ0v) is 14.5. The first-order valence-corrected chi connectivity index (χ1v) is 7.85. The summed E-state index contributed by atoms with van der Waals surface area (Å²) in [5.41, 5.74) is -0.334. The number of hydrogen-bond donors (Lipinski definition) is 3. The lowest BCUT2D eigenvalue weighted by Gasteiger charge is -2.25. The number of nitrogens with zero attached hydrogens (tertiary/aromatic N) is 1. The number of anilines is 1. The van der Waals surface area contributed by atoms with E-state index in [2.05, 4.69) is 10.6 Å². The van der Waals surface area contributed by atoms with Gasteiger partial charge < -0.3 is 15.7 Å². The van der Waals surface area contributed by atoms with Crippen LogP contribution < -0.4 is 10.6 Å². The van der Waals surface area contributed by atoms with E-state index in [1.807, 2.05) is 0 Å². The minimum atomic E-state index is -1.26. The fourth-order valence-corrected chi connectivity index (χ4v) is 2.51. The lowest BCUT2D eigenvalue weighted by Crippen LogP contribution is -2.31. The molecule has 7 nitrogen and oxygen atoms in total. The van der Waals surface area contributed by atoms with Crippen molar-refractivity contribution < 1.29 is 14.8 Å². The minimum Gasteiger partial charge on any atom is -0.384 e. The smallest absolute Gasteiger partial charge is 0.270 e. The molecular formula is C17H18ClN3O4. The van der Waals surface area contributed by atoms with Gasteiger partial charge >= 0.3 is 0 Å². The number of benzene rings is 2. The van der Waals surface area contributed by atoms with Crippen LogP contribution in [-0.4, -0.2) is 29.5 Å². The Hall–Kier alpha value is -2.64. The van der Waals surface area contributed by atoms with Gasteiger partial charge in [0.15, 0.2) is 0 Å². The first-order valence-electron chi connectivity index (χ1n) is 7.47. The van der Waals surface area contributed by atoms with Crippen molar-refractivity contribution in [2.75, 3.05) is 18.9 Å². The van der Waals surface area contributed by atoms with Crippen molar-refractivity contribution in [3.05, 3.63) is 68.7 Å². The Morgan fingerprint density at radius 3 is 2.64 bits per heavy atom. The fraction of sp³-hybridized carbons (Fsp3) is 0.235. The van der Waals surface area contributed by atoms with Gasteiger partial charge in [-0.2, -0.15) is 0 Å². The third-order valence-corrected chi connectivity index (χ3v) is 3.99. The van der Waals surface area contributed by atoms with Gasteiger partial charge in [-0.1, -0.05) is 23.7 Å². The number of aliphatic hydroxyl groups is 1. The summed E-state index contributed by atoms with van der Waals surface area (Å²) in [5, 5.41) is 27.5. The number of nitrogens with one attached hydrogen (secondary N) is 2. The molecule has 1 unspecified atom stereocenters. The highest BCUT2D eigenvalue weighted by atomic mass is 35.5. The third-order valence-electron chi connectivity index (χ3n) is 3.76. The van der Waals surface area contributed by atoms with Gasteiger partial charge in [-0.3, -0.25) is 14.9 Å². The number of nitro benzene ring substituents is 1. The van der Waals surface area contributed by atoms with Gasteiger partial charge in [0.25, 0.3) is 11.6 Å². The summed E-state index contributed by atoms with van der Waals surface area (Å²) in [6.07, 6.45) is 0. The van der Waals surface area contributed by atoms with E-state index >= 15 is 0 Å². The van der Waals surface area contributed by atoms with Crippen molar-refractivity contribution in [1.29, 1.82) is 0 Å². The van der Waals surface area contributed by atoms with E-state index in [4.69, 9.17) is 11.6 Å². The Morgan fingerprint density at radius 2 is 2.04 bits per heavy atom. The van der Waals surface area contributed by atoms with Crippen LogP contribution in [0.3, 0.4) is 0 Å². The zero-order valence-electron chi connectivity index (χ0n) is 13.7. The topological polar surface area (TPSA) is 104 Å². The van der Waals surface area contributed by atoms with Gasteiger partial charge in [0.2, 0.25) is 0 Å². The molecule has 0 spiro atoms. The van der Waals surface area contributed by atoms with Crippen LogP contribution in [0.4, 0.5) is 11.4 Å². The molecule has 0 saturated carbocycles. The number of carbonyl (C=O) groups is 1. The number of amides is 1. The minimum absolute atomic E-state index is 0.0785. The first-order chi connectivity index (χ1) is 11.7. The molecule has 132 valence electrons. The van der Waals surface area contributed by atoms with Crippen molar-refractivity contribution in [3.8, 4) is 0 Å². The second-order valence-corrected chi connectivity index (χ2v) is 6.14. The molecule has 8 heteroatoms. The van der Waals surface area contributed by atoms with E-state index in [0.29, 0.717) is 16.3 Å². The molecule has 0 radical (unpaired) electrons. The molecule has 2 aromatic rings. The summed E-state index contributed by atoms with van der Waals surface area (Å²) < 4.78 is 0. The van der Waals surface area contributed by atoms with Crippen LogP contribution >= 0.6 is 11.6 Å². The number of carbonyl (C=O) groups excluding carboxylic acids is 1. The second-order valence-electron chi connectivity index (χ2n) is 5.70. The van der Waals surface area contributed by atoms with Crippen LogP contribution in [0.15, 0.2) is 42.5 Å². The quantitative estimate of drug-likeness (QED) is 0.540. The van der Waals surface area contributed by atoms with Crippen molar-refractivity contribution in [3.63, 3.8) is 0 Å². The molecule has 0 aliphatic heterocycles. The van der Waals surface area contributed by atoms with E-state index in [9.17, 15) is 20.0 Å². The molecule has 0 bridgehead atoms. The molecule has 1 amide bonds.